The lowest BCUT2D eigenvalue weighted by molar-refractivity contribution is 0.0493. The number of likely N-dealkylation sites (tertiary alicyclic amines) is 1. The van der Waals surface area contributed by atoms with E-state index in [0.29, 0.717) is 5.92 Å². The number of hydrogen-bond acceptors (Lipinski definition) is 7. The highest BCUT2D eigenvalue weighted by Gasteiger charge is 2.24. The van der Waals surface area contributed by atoms with E-state index in [1.807, 2.05) is 31.2 Å². The maximum Gasteiger partial charge on any atom is 0.135 e. The van der Waals surface area contributed by atoms with Crippen molar-refractivity contribution < 1.29 is 10.2 Å². The normalized spacial score (nSPS) is 16.2. The van der Waals surface area contributed by atoms with Gasteiger partial charge in [-0.15, -0.1) is 0 Å². The first-order chi connectivity index (χ1) is 12.7. The summed E-state index contributed by atoms with van der Waals surface area (Å²) in [6.45, 7) is 3.78. The quantitative estimate of drug-likeness (QED) is 0.692. The Bertz CT molecular complexity index is 700. The predicted octanol–water partition coefficient (Wildman–Crippen LogP) is 1.53. The second kappa shape index (κ2) is 9.02. The topological polar surface area (TPSA) is 94.4 Å². The summed E-state index contributed by atoms with van der Waals surface area (Å²) in [5.74, 6) is 2.09. The van der Waals surface area contributed by atoms with E-state index in [1.165, 1.54) is 0 Å². The number of aromatic nitrogens is 3. The zero-order valence-electron chi connectivity index (χ0n) is 15.2. The van der Waals surface area contributed by atoms with Gasteiger partial charge < -0.3 is 15.5 Å². The fraction of sp³-hybridized carbons (Fsp3) is 0.526. The van der Waals surface area contributed by atoms with Crippen LogP contribution in [0, 0.1) is 12.8 Å². The molecule has 7 heteroatoms. The summed E-state index contributed by atoms with van der Waals surface area (Å²) in [6, 6.07) is 7.70. The molecule has 140 valence electrons. The van der Waals surface area contributed by atoms with Crippen molar-refractivity contribution in [1.82, 2.24) is 19.9 Å². The fourth-order valence-electron chi connectivity index (χ4n) is 3.43. The number of rotatable bonds is 7. The maximum atomic E-state index is 9.32. The summed E-state index contributed by atoms with van der Waals surface area (Å²) < 4.78 is 0. The minimum Gasteiger partial charge on any atom is -0.395 e. The lowest BCUT2D eigenvalue weighted by Gasteiger charge is -2.36. The Labute approximate surface area is 154 Å². The van der Waals surface area contributed by atoms with Crippen molar-refractivity contribution in [2.24, 2.45) is 5.92 Å². The number of nitrogens with one attached hydrogen (secondary N) is 1. The minimum absolute atomic E-state index is 0.00903. The van der Waals surface area contributed by atoms with Gasteiger partial charge in [0, 0.05) is 17.5 Å². The molecule has 1 aliphatic heterocycles. The smallest absolute Gasteiger partial charge is 0.135 e. The molecule has 0 aliphatic carbocycles. The van der Waals surface area contributed by atoms with Crippen LogP contribution < -0.4 is 5.32 Å². The van der Waals surface area contributed by atoms with Gasteiger partial charge in [-0.05, 0) is 57.3 Å². The van der Waals surface area contributed by atoms with Gasteiger partial charge in [0.2, 0.25) is 0 Å². The molecule has 0 unspecified atom stereocenters. The lowest BCUT2D eigenvalue weighted by Crippen LogP contribution is -2.45. The van der Waals surface area contributed by atoms with Crippen LogP contribution >= 0.6 is 0 Å². The standard InChI is InChI=1S/C19H27N5O2/c1-14-3-2-4-18(22-14)23-19-10-16(20-13-21-19)9-15-5-7-24(8-6-15)17(11-25)12-26/h2-4,10,13,15,17,25-26H,5-9,11-12H2,1H3,(H,20,21,22,23). The summed E-state index contributed by atoms with van der Waals surface area (Å²) in [5, 5.41) is 21.9. The van der Waals surface area contributed by atoms with Crippen LogP contribution in [0.4, 0.5) is 11.6 Å². The van der Waals surface area contributed by atoms with Gasteiger partial charge >= 0.3 is 0 Å². The first kappa shape index (κ1) is 18.7. The van der Waals surface area contributed by atoms with Gasteiger partial charge in [-0.2, -0.15) is 0 Å². The second-order valence-electron chi connectivity index (χ2n) is 6.89. The summed E-state index contributed by atoms with van der Waals surface area (Å²) >= 11 is 0. The van der Waals surface area contributed by atoms with Crippen LogP contribution in [0.15, 0.2) is 30.6 Å². The first-order valence-corrected chi connectivity index (χ1v) is 9.15. The summed E-state index contributed by atoms with van der Waals surface area (Å²) in [7, 11) is 0. The van der Waals surface area contributed by atoms with Crippen molar-refractivity contribution in [2.75, 3.05) is 31.6 Å². The molecule has 0 amide bonds. The van der Waals surface area contributed by atoms with E-state index >= 15 is 0 Å². The number of nitrogens with zero attached hydrogens (tertiary/aromatic N) is 4. The highest BCUT2D eigenvalue weighted by Crippen LogP contribution is 2.23. The summed E-state index contributed by atoms with van der Waals surface area (Å²) in [4.78, 5) is 15.3. The molecule has 3 rings (SSSR count). The van der Waals surface area contributed by atoms with Crippen LogP contribution in [-0.4, -0.2) is 62.4 Å². The van der Waals surface area contributed by atoms with E-state index in [9.17, 15) is 10.2 Å². The molecule has 1 fully saturated rings. The van der Waals surface area contributed by atoms with Crippen LogP contribution in [0.3, 0.4) is 0 Å². The van der Waals surface area contributed by atoms with Crippen molar-refractivity contribution >= 4 is 11.6 Å². The number of hydrogen-bond donors (Lipinski definition) is 3. The number of aryl methyl sites for hydroxylation is 1. The summed E-state index contributed by atoms with van der Waals surface area (Å²) in [5.41, 5.74) is 1.98. The zero-order chi connectivity index (χ0) is 18.4. The Morgan fingerprint density at radius 1 is 1.15 bits per heavy atom. The van der Waals surface area contributed by atoms with Crippen LogP contribution in [0.1, 0.15) is 24.2 Å². The molecule has 3 N–H and O–H groups in total. The van der Waals surface area contributed by atoms with Crippen molar-refractivity contribution in [3.63, 3.8) is 0 Å². The molecule has 0 spiro atoms. The Balaban J connectivity index is 1.56. The number of anilines is 2. The van der Waals surface area contributed by atoms with Gasteiger partial charge in [0.25, 0.3) is 0 Å². The molecule has 0 bridgehead atoms. The molecular weight excluding hydrogens is 330 g/mol. The van der Waals surface area contributed by atoms with Gasteiger partial charge in [0.15, 0.2) is 0 Å². The van der Waals surface area contributed by atoms with E-state index in [1.54, 1.807) is 6.33 Å². The van der Waals surface area contributed by atoms with E-state index in [0.717, 1.165) is 55.4 Å². The van der Waals surface area contributed by atoms with Crippen molar-refractivity contribution in [2.45, 2.75) is 32.2 Å². The van der Waals surface area contributed by atoms with Crippen molar-refractivity contribution in [1.29, 1.82) is 0 Å². The van der Waals surface area contributed by atoms with Gasteiger partial charge in [0.05, 0.1) is 19.3 Å². The number of aliphatic hydroxyl groups excluding tert-OH is 2. The number of pyridine rings is 1. The van der Waals surface area contributed by atoms with Crippen molar-refractivity contribution in [3.8, 4) is 0 Å². The Hall–Kier alpha value is -2.09. The molecule has 7 nitrogen and oxygen atoms in total. The molecule has 2 aromatic rings. The highest BCUT2D eigenvalue weighted by atomic mass is 16.3. The van der Waals surface area contributed by atoms with Crippen LogP contribution in [-0.2, 0) is 6.42 Å². The molecule has 3 heterocycles. The Morgan fingerprint density at radius 2 is 1.92 bits per heavy atom. The second-order valence-corrected chi connectivity index (χ2v) is 6.89. The van der Waals surface area contributed by atoms with E-state index in [4.69, 9.17) is 0 Å². The molecule has 0 aromatic carbocycles. The molecule has 26 heavy (non-hydrogen) atoms. The SMILES string of the molecule is Cc1cccc(Nc2cc(CC3CCN(C(CO)CO)CC3)ncn2)n1. The third-order valence-corrected chi connectivity index (χ3v) is 4.95. The molecule has 2 aromatic heterocycles. The van der Waals surface area contributed by atoms with Crippen LogP contribution in [0.25, 0.3) is 0 Å². The average molecular weight is 357 g/mol. The summed E-state index contributed by atoms with van der Waals surface area (Å²) in [6.07, 6.45) is 4.59. The van der Waals surface area contributed by atoms with Crippen LogP contribution in [0.2, 0.25) is 0 Å². The Morgan fingerprint density at radius 3 is 2.62 bits per heavy atom. The molecule has 1 aliphatic rings. The number of aliphatic hydroxyl groups is 2. The van der Waals surface area contributed by atoms with Gasteiger partial charge in [-0.25, -0.2) is 15.0 Å². The molecule has 0 radical (unpaired) electrons. The zero-order valence-corrected chi connectivity index (χ0v) is 15.2. The minimum atomic E-state index is -0.132. The van der Waals surface area contributed by atoms with E-state index in [2.05, 4.69) is 25.2 Å². The predicted molar refractivity (Wildman–Crippen MR) is 100 cm³/mol. The largest absolute Gasteiger partial charge is 0.395 e. The van der Waals surface area contributed by atoms with Crippen molar-refractivity contribution in [3.05, 3.63) is 42.0 Å². The molecular formula is C19H27N5O2. The first-order valence-electron chi connectivity index (χ1n) is 9.15. The van der Waals surface area contributed by atoms with Gasteiger partial charge in [-0.1, -0.05) is 6.07 Å². The third-order valence-electron chi connectivity index (χ3n) is 4.95. The maximum absolute atomic E-state index is 9.32. The van der Waals surface area contributed by atoms with Gasteiger partial charge in [0.1, 0.15) is 18.0 Å². The molecule has 1 saturated heterocycles. The third kappa shape index (κ3) is 4.97. The molecule has 0 atom stereocenters. The number of piperidine rings is 1. The van der Waals surface area contributed by atoms with Gasteiger partial charge in [-0.3, -0.25) is 4.90 Å². The Kier molecular flexibility index (Phi) is 6.49. The highest BCUT2D eigenvalue weighted by molar-refractivity contribution is 5.51. The van der Waals surface area contributed by atoms with Crippen LogP contribution in [0.5, 0.6) is 0 Å². The monoisotopic (exact) mass is 357 g/mol. The fourth-order valence-corrected chi connectivity index (χ4v) is 3.43. The molecule has 0 saturated carbocycles. The lowest BCUT2D eigenvalue weighted by atomic mass is 9.91. The average Bonchev–Trinajstić information content (AvgIpc) is 2.64. The van der Waals surface area contributed by atoms with E-state index in [-0.39, 0.29) is 19.3 Å². The van der Waals surface area contributed by atoms with E-state index < -0.39 is 0 Å².